The number of hydrogen-bond acceptors (Lipinski definition) is 2. The van der Waals surface area contributed by atoms with Gasteiger partial charge in [0.2, 0.25) is 0 Å². The Morgan fingerprint density at radius 3 is 2.75 bits per heavy atom. The molecule has 0 radical (unpaired) electrons. The van der Waals surface area contributed by atoms with Gasteiger partial charge >= 0.3 is 0 Å². The van der Waals surface area contributed by atoms with Crippen LogP contribution in [-0.4, -0.2) is 14.9 Å². The predicted octanol–water partition coefficient (Wildman–Crippen LogP) is 2.66. The van der Waals surface area contributed by atoms with E-state index < -0.39 is 0 Å². The van der Waals surface area contributed by atoms with Crippen LogP contribution in [0.5, 0.6) is 0 Å². The fourth-order valence-electron chi connectivity index (χ4n) is 1.98. The molecule has 1 aromatic heterocycles. The van der Waals surface area contributed by atoms with Gasteiger partial charge in [0, 0.05) is 30.5 Å². The minimum absolute atomic E-state index is 0.295. The minimum atomic E-state index is -0.295. The van der Waals surface area contributed by atoms with Gasteiger partial charge in [0.1, 0.15) is 5.82 Å². The molecule has 106 valence electrons. The molecule has 0 aliphatic rings. The third kappa shape index (κ3) is 3.33. The van der Waals surface area contributed by atoms with Crippen molar-refractivity contribution in [1.29, 1.82) is 0 Å². The zero-order valence-corrected chi connectivity index (χ0v) is 12.5. The molecular formula is C14H17FN4S. The highest BCUT2D eigenvalue weighted by Crippen LogP contribution is 2.12. The van der Waals surface area contributed by atoms with Gasteiger partial charge in [-0.3, -0.25) is 4.68 Å². The van der Waals surface area contributed by atoms with Crippen molar-refractivity contribution in [3.63, 3.8) is 0 Å². The molecule has 0 saturated carbocycles. The molecule has 0 atom stereocenters. The van der Waals surface area contributed by atoms with Crippen LogP contribution in [0.3, 0.4) is 0 Å². The molecule has 0 unspecified atom stereocenters. The Bertz CT molecular complexity index is 636. The van der Waals surface area contributed by atoms with Gasteiger partial charge in [0.05, 0.1) is 5.69 Å². The van der Waals surface area contributed by atoms with Gasteiger partial charge in [0.15, 0.2) is 5.11 Å². The first-order valence-corrected chi connectivity index (χ1v) is 6.67. The topological polar surface area (TPSA) is 41.9 Å². The minimum Gasteiger partial charge on any atom is -0.358 e. The number of nitrogens with zero attached hydrogens (tertiary/aromatic N) is 2. The van der Waals surface area contributed by atoms with Gasteiger partial charge in [-0.1, -0.05) is 6.07 Å². The lowest BCUT2D eigenvalue weighted by Crippen LogP contribution is -2.28. The van der Waals surface area contributed by atoms with Crippen LogP contribution in [-0.2, 0) is 13.6 Å². The fraction of sp³-hybridized carbons (Fsp3) is 0.286. The van der Waals surface area contributed by atoms with E-state index in [1.807, 2.05) is 25.6 Å². The Balaban J connectivity index is 1.96. The van der Waals surface area contributed by atoms with Gasteiger partial charge in [-0.15, -0.1) is 0 Å². The molecule has 2 aromatic rings. The second-order valence-electron chi connectivity index (χ2n) is 4.59. The number of anilines is 1. The largest absolute Gasteiger partial charge is 0.358 e. The zero-order valence-electron chi connectivity index (χ0n) is 11.7. The SMILES string of the molecule is Cc1nn(C)c(C)c1CNC(=S)Nc1cccc(F)c1. The van der Waals surface area contributed by atoms with E-state index in [1.54, 1.807) is 12.1 Å². The van der Waals surface area contributed by atoms with E-state index in [-0.39, 0.29) is 5.82 Å². The maximum atomic E-state index is 13.1. The van der Waals surface area contributed by atoms with Gasteiger partial charge in [-0.25, -0.2) is 4.39 Å². The summed E-state index contributed by atoms with van der Waals surface area (Å²) in [6.07, 6.45) is 0. The van der Waals surface area contributed by atoms with Crippen molar-refractivity contribution in [2.75, 3.05) is 5.32 Å². The van der Waals surface area contributed by atoms with Crippen LogP contribution in [0.1, 0.15) is 17.0 Å². The number of aryl methyl sites for hydroxylation is 2. The Hall–Kier alpha value is -1.95. The van der Waals surface area contributed by atoms with Crippen LogP contribution in [0, 0.1) is 19.7 Å². The van der Waals surface area contributed by atoms with Crippen LogP contribution in [0.2, 0.25) is 0 Å². The number of hydrogen-bond donors (Lipinski definition) is 2. The number of rotatable bonds is 3. The van der Waals surface area contributed by atoms with Gasteiger partial charge in [0.25, 0.3) is 0 Å². The van der Waals surface area contributed by atoms with Crippen molar-refractivity contribution in [2.45, 2.75) is 20.4 Å². The lowest BCUT2D eigenvalue weighted by Gasteiger charge is -2.11. The van der Waals surface area contributed by atoms with E-state index in [0.717, 1.165) is 17.0 Å². The van der Waals surface area contributed by atoms with Crippen LogP contribution in [0.4, 0.5) is 10.1 Å². The molecule has 0 saturated heterocycles. The summed E-state index contributed by atoms with van der Waals surface area (Å²) in [6, 6.07) is 6.19. The molecule has 1 heterocycles. The Labute approximate surface area is 123 Å². The summed E-state index contributed by atoms with van der Waals surface area (Å²) in [4.78, 5) is 0. The molecule has 20 heavy (non-hydrogen) atoms. The van der Waals surface area contributed by atoms with E-state index in [0.29, 0.717) is 17.3 Å². The fourth-order valence-corrected chi connectivity index (χ4v) is 2.17. The highest BCUT2D eigenvalue weighted by atomic mass is 32.1. The Morgan fingerprint density at radius 1 is 1.40 bits per heavy atom. The summed E-state index contributed by atoms with van der Waals surface area (Å²) in [5, 5.41) is 10.9. The molecular weight excluding hydrogens is 275 g/mol. The highest BCUT2D eigenvalue weighted by Gasteiger charge is 2.09. The maximum absolute atomic E-state index is 13.1. The monoisotopic (exact) mass is 292 g/mol. The normalized spacial score (nSPS) is 10.4. The van der Waals surface area contributed by atoms with E-state index in [4.69, 9.17) is 12.2 Å². The molecule has 0 aliphatic heterocycles. The van der Waals surface area contributed by atoms with Crippen molar-refractivity contribution in [3.05, 3.63) is 47.0 Å². The van der Waals surface area contributed by atoms with Gasteiger partial charge < -0.3 is 10.6 Å². The van der Waals surface area contributed by atoms with Crippen molar-refractivity contribution in [3.8, 4) is 0 Å². The van der Waals surface area contributed by atoms with Crippen molar-refractivity contribution in [1.82, 2.24) is 15.1 Å². The Kier molecular flexibility index (Phi) is 4.34. The molecule has 0 bridgehead atoms. The van der Waals surface area contributed by atoms with Crippen LogP contribution >= 0.6 is 12.2 Å². The highest BCUT2D eigenvalue weighted by molar-refractivity contribution is 7.80. The van der Waals surface area contributed by atoms with Crippen LogP contribution < -0.4 is 10.6 Å². The summed E-state index contributed by atoms with van der Waals surface area (Å²) in [7, 11) is 1.91. The van der Waals surface area contributed by atoms with Gasteiger partial charge in [-0.2, -0.15) is 5.10 Å². The molecule has 0 amide bonds. The quantitative estimate of drug-likeness (QED) is 0.854. The summed E-state index contributed by atoms with van der Waals surface area (Å²) in [5.41, 5.74) is 3.83. The number of halogens is 1. The first-order chi connectivity index (χ1) is 9.47. The molecule has 0 spiro atoms. The lowest BCUT2D eigenvalue weighted by atomic mass is 10.2. The van der Waals surface area contributed by atoms with E-state index in [1.165, 1.54) is 12.1 Å². The van der Waals surface area contributed by atoms with E-state index in [9.17, 15) is 4.39 Å². The second-order valence-corrected chi connectivity index (χ2v) is 5.00. The first kappa shape index (κ1) is 14.5. The van der Waals surface area contributed by atoms with E-state index >= 15 is 0 Å². The van der Waals surface area contributed by atoms with Crippen molar-refractivity contribution in [2.24, 2.45) is 7.05 Å². The third-order valence-corrected chi connectivity index (χ3v) is 3.41. The number of thiocarbonyl (C=S) groups is 1. The summed E-state index contributed by atoms with van der Waals surface area (Å²) in [6.45, 7) is 4.57. The Morgan fingerprint density at radius 2 is 2.15 bits per heavy atom. The molecule has 2 N–H and O–H groups in total. The maximum Gasteiger partial charge on any atom is 0.171 e. The van der Waals surface area contributed by atoms with Crippen LogP contribution in [0.15, 0.2) is 24.3 Å². The third-order valence-electron chi connectivity index (χ3n) is 3.17. The second kappa shape index (κ2) is 6.00. The summed E-state index contributed by atoms with van der Waals surface area (Å²) < 4.78 is 14.9. The number of aromatic nitrogens is 2. The van der Waals surface area contributed by atoms with Crippen molar-refractivity contribution < 1.29 is 4.39 Å². The molecule has 6 heteroatoms. The molecule has 4 nitrogen and oxygen atoms in total. The lowest BCUT2D eigenvalue weighted by molar-refractivity contribution is 0.628. The standard InChI is InChI=1S/C14H17FN4S/c1-9-13(10(2)19(3)18-9)8-16-14(20)17-12-6-4-5-11(15)7-12/h4-7H,8H2,1-3H3,(H2,16,17,20). The number of benzene rings is 1. The summed E-state index contributed by atoms with van der Waals surface area (Å²) >= 11 is 5.20. The average Bonchev–Trinajstić information content (AvgIpc) is 2.61. The molecule has 2 rings (SSSR count). The molecule has 0 fully saturated rings. The molecule has 0 aliphatic carbocycles. The van der Waals surface area contributed by atoms with Crippen LogP contribution in [0.25, 0.3) is 0 Å². The first-order valence-electron chi connectivity index (χ1n) is 6.27. The predicted molar refractivity (Wildman–Crippen MR) is 82.1 cm³/mol. The van der Waals surface area contributed by atoms with E-state index in [2.05, 4.69) is 15.7 Å². The average molecular weight is 292 g/mol. The zero-order chi connectivity index (χ0) is 14.7. The van der Waals surface area contributed by atoms with Gasteiger partial charge in [-0.05, 0) is 44.3 Å². The molecule has 1 aromatic carbocycles. The smallest absolute Gasteiger partial charge is 0.171 e. The van der Waals surface area contributed by atoms with Crippen molar-refractivity contribution >= 4 is 23.0 Å². The summed E-state index contributed by atoms with van der Waals surface area (Å²) in [5.74, 6) is -0.295. The number of nitrogens with one attached hydrogen (secondary N) is 2.